The van der Waals surface area contributed by atoms with E-state index >= 15 is 0 Å². The monoisotopic (exact) mass is 361 g/mol. The van der Waals surface area contributed by atoms with Gasteiger partial charge in [0, 0.05) is 11.4 Å². The number of amides is 3. The third-order valence-electron chi connectivity index (χ3n) is 3.16. The van der Waals surface area contributed by atoms with Crippen molar-refractivity contribution in [2.75, 3.05) is 17.2 Å². The predicted octanol–water partition coefficient (Wildman–Crippen LogP) is 3.07. The van der Waals surface area contributed by atoms with E-state index in [9.17, 15) is 14.4 Å². The first-order valence-electron chi connectivity index (χ1n) is 7.68. The Bertz CT molecular complexity index is 729. The van der Waals surface area contributed by atoms with Gasteiger partial charge in [-0.15, -0.1) is 11.3 Å². The highest BCUT2D eigenvalue weighted by Crippen LogP contribution is 2.14. The third kappa shape index (κ3) is 5.61. The molecule has 0 saturated carbocycles. The van der Waals surface area contributed by atoms with E-state index in [2.05, 4.69) is 16.0 Å². The number of benzene rings is 1. The number of thiophene rings is 1. The molecule has 1 aromatic carbocycles. The molecular formula is C17H19N3O4S. The molecule has 1 atom stereocenters. The molecule has 7 nitrogen and oxygen atoms in total. The topological polar surface area (TPSA) is 96.5 Å². The highest BCUT2D eigenvalue weighted by Gasteiger charge is 2.17. The van der Waals surface area contributed by atoms with E-state index in [1.54, 1.807) is 55.6 Å². The van der Waals surface area contributed by atoms with Crippen LogP contribution < -0.4 is 16.0 Å². The largest absolute Gasteiger partial charge is 0.450 e. The fourth-order valence-corrected chi connectivity index (χ4v) is 2.54. The van der Waals surface area contributed by atoms with Gasteiger partial charge in [0.15, 0.2) is 0 Å². The number of carbonyl (C=O) groups excluding carboxylic acids is 3. The average Bonchev–Trinajstić information content (AvgIpc) is 3.11. The van der Waals surface area contributed by atoms with Crippen LogP contribution in [-0.2, 0) is 9.53 Å². The quantitative estimate of drug-likeness (QED) is 0.737. The minimum absolute atomic E-state index is 0.286. The van der Waals surface area contributed by atoms with E-state index in [1.807, 2.05) is 0 Å². The van der Waals surface area contributed by atoms with Crippen molar-refractivity contribution in [3.8, 4) is 0 Å². The van der Waals surface area contributed by atoms with Crippen LogP contribution in [-0.4, -0.2) is 30.6 Å². The van der Waals surface area contributed by atoms with E-state index < -0.39 is 12.1 Å². The first kappa shape index (κ1) is 18.5. The molecule has 1 unspecified atom stereocenters. The standard InChI is InChI=1S/C17H19N3O4S/c1-3-24-17(23)20-13-8-6-12(7-9-13)19-15(21)11(2)18-16(22)14-5-4-10-25-14/h4-11H,3H2,1-2H3,(H,18,22)(H,19,21)(H,20,23). The number of carbonyl (C=O) groups is 3. The molecule has 0 bridgehead atoms. The van der Waals surface area contributed by atoms with E-state index in [1.165, 1.54) is 11.3 Å². The molecule has 0 fully saturated rings. The summed E-state index contributed by atoms with van der Waals surface area (Å²) >= 11 is 1.31. The predicted molar refractivity (Wildman–Crippen MR) is 97.0 cm³/mol. The van der Waals surface area contributed by atoms with Crippen LogP contribution in [0.4, 0.5) is 16.2 Å². The average molecular weight is 361 g/mol. The summed E-state index contributed by atoms with van der Waals surface area (Å²) in [7, 11) is 0. The third-order valence-corrected chi connectivity index (χ3v) is 4.03. The molecule has 0 saturated heterocycles. The summed E-state index contributed by atoms with van der Waals surface area (Å²) in [5.74, 6) is -0.623. The summed E-state index contributed by atoms with van der Waals surface area (Å²) in [6, 6.07) is 9.35. The Labute approximate surface area is 149 Å². The van der Waals surface area contributed by atoms with E-state index in [-0.39, 0.29) is 18.4 Å². The number of rotatable bonds is 6. The van der Waals surface area contributed by atoms with Crippen LogP contribution in [0.15, 0.2) is 41.8 Å². The van der Waals surface area contributed by atoms with Gasteiger partial charge in [0.25, 0.3) is 5.91 Å². The van der Waals surface area contributed by atoms with E-state index in [0.717, 1.165) is 0 Å². The van der Waals surface area contributed by atoms with Crippen molar-refractivity contribution in [2.45, 2.75) is 19.9 Å². The van der Waals surface area contributed by atoms with Gasteiger partial charge >= 0.3 is 6.09 Å². The Morgan fingerprint density at radius 1 is 1.08 bits per heavy atom. The van der Waals surface area contributed by atoms with E-state index in [4.69, 9.17) is 4.74 Å². The van der Waals surface area contributed by atoms with Crippen molar-refractivity contribution < 1.29 is 19.1 Å². The van der Waals surface area contributed by atoms with Gasteiger partial charge in [-0.1, -0.05) is 6.07 Å². The maximum Gasteiger partial charge on any atom is 0.411 e. The molecule has 2 aromatic rings. The lowest BCUT2D eigenvalue weighted by atomic mass is 10.2. The smallest absolute Gasteiger partial charge is 0.411 e. The lowest BCUT2D eigenvalue weighted by Gasteiger charge is -2.14. The fraction of sp³-hybridized carbons (Fsp3) is 0.235. The molecule has 0 aliphatic rings. The Hall–Kier alpha value is -2.87. The van der Waals surface area contributed by atoms with Gasteiger partial charge in [-0.25, -0.2) is 4.79 Å². The van der Waals surface area contributed by atoms with Crippen molar-refractivity contribution >= 4 is 40.6 Å². The minimum Gasteiger partial charge on any atom is -0.450 e. The van der Waals surface area contributed by atoms with Crippen LogP contribution in [0, 0.1) is 0 Å². The second kappa shape index (κ2) is 8.84. The highest BCUT2D eigenvalue weighted by molar-refractivity contribution is 7.12. The summed E-state index contributed by atoms with van der Waals surface area (Å²) in [5.41, 5.74) is 1.10. The number of hydrogen-bond acceptors (Lipinski definition) is 5. The molecule has 1 aromatic heterocycles. The second-order valence-electron chi connectivity index (χ2n) is 5.08. The number of anilines is 2. The molecule has 0 aliphatic heterocycles. The molecule has 132 valence electrons. The lowest BCUT2D eigenvalue weighted by Crippen LogP contribution is -2.41. The molecule has 0 radical (unpaired) electrons. The lowest BCUT2D eigenvalue weighted by molar-refractivity contribution is -0.117. The molecule has 25 heavy (non-hydrogen) atoms. The van der Waals surface area contributed by atoms with Gasteiger partial charge in [-0.2, -0.15) is 0 Å². The van der Waals surface area contributed by atoms with Crippen LogP contribution in [0.2, 0.25) is 0 Å². The summed E-state index contributed by atoms with van der Waals surface area (Å²) in [4.78, 5) is 36.0. The maximum atomic E-state index is 12.2. The van der Waals surface area contributed by atoms with E-state index in [0.29, 0.717) is 16.3 Å². The summed E-state index contributed by atoms with van der Waals surface area (Å²) in [6.07, 6.45) is -0.538. The van der Waals surface area contributed by atoms with Crippen LogP contribution in [0.25, 0.3) is 0 Å². The Kier molecular flexibility index (Phi) is 6.53. The summed E-state index contributed by atoms with van der Waals surface area (Å²) < 4.78 is 4.78. The molecule has 0 aliphatic carbocycles. The zero-order chi connectivity index (χ0) is 18.2. The molecule has 2 rings (SSSR count). The SMILES string of the molecule is CCOC(=O)Nc1ccc(NC(=O)C(C)NC(=O)c2cccs2)cc1. The minimum atomic E-state index is -0.688. The summed E-state index contributed by atoms with van der Waals surface area (Å²) in [6.45, 7) is 3.61. The van der Waals surface area contributed by atoms with Gasteiger partial charge in [-0.05, 0) is 49.6 Å². The van der Waals surface area contributed by atoms with Crippen LogP contribution in [0.3, 0.4) is 0 Å². The first-order chi connectivity index (χ1) is 12.0. The second-order valence-corrected chi connectivity index (χ2v) is 6.03. The van der Waals surface area contributed by atoms with Gasteiger partial charge in [0.1, 0.15) is 6.04 Å². The number of ether oxygens (including phenoxy) is 1. The van der Waals surface area contributed by atoms with Crippen molar-refractivity contribution in [1.82, 2.24) is 5.32 Å². The maximum absolute atomic E-state index is 12.2. The first-order valence-corrected chi connectivity index (χ1v) is 8.56. The van der Waals surface area contributed by atoms with Crippen LogP contribution in [0.1, 0.15) is 23.5 Å². The van der Waals surface area contributed by atoms with Gasteiger partial charge < -0.3 is 15.4 Å². The normalized spacial score (nSPS) is 11.3. The van der Waals surface area contributed by atoms with Gasteiger partial charge in [0.2, 0.25) is 5.91 Å². The number of nitrogens with one attached hydrogen (secondary N) is 3. The van der Waals surface area contributed by atoms with Gasteiger partial charge in [-0.3, -0.25) is 14.9 Å². The Balaban J connectivity index is 1.87. The Morgan fingerprint density at radius 3 is 2.28 bits per heavy atom. The molecule has 0 spiro atoms. The number of hydrogen-bond donors (Lipinski definition) is 3. The van der Waals surface area contributed by atoms with Crippen molar-refractivity contribution in [3.63, 3.8) is 0 Å². The zero-order valence-electron chi connectivity index (χ0n) is 13.9. The van der Waals surface area contributed by atoms with Crippen molar-refractivity contribution in [3.05, 3.63) is 46.7 Å². The Morgan fingerprint density at radius 2 is 1.72 bits per heavy atom. The van der Waals surface area contributed by atoms with Crippen molar-refractivity contribution in [2.24, 2.45) is 0 Å². The molecular weight excluding hydrogens is 342 g/mol. The molecule has 3 N–H and O–H groups in total. The molecule has 8 heteroatoms. The zero-order valence-corrected chi connectivity index (χ0v) is 14.7. The summed E-state index contributed by atoms with van der Waals surface area (Å²) in [5, 5.41) is 9.70. The molecule has 1 heterocycles. The molecule has 3 amide bonds. The highest BCUT2D eigenvalue weighted by atomic mass is 32.1. The van der Waals surface area contributed by atoms with Gasteiger partial charge in [0.05, 0.1) is 11.5 Å². The van der Waals surface area contributed by atoms with Crippen LogP contribution >= 0.6 is 11.3 Å². The van der Waals surface area contributed by atoms with Crippen molar-refractivity contribution in [1.29, 1.82) is 0 Å². The van der Waals surface area contributed by atoms with Crippen LogP contribution in [0.5, 0.6) is 0 Å². The fourth-order valence-electron chi connectivity index (χ4n) is 1.91.